The number of pyridine rings is 2. The zero-order valence-electron chi connectivity index (χ0n) is 14.4. The van der Waals surface area contributed by atoms with Crippen LogP contribution in [0.2, 0.25) is 0 Å². The molecule has 0 amide bonds. The molecule has 2 aromatic rings. The summed E-state index contributed by atoms with van der Waals surface area (Å²) in [7, 11) is 0. The molecule has 1 fully saturated rings. The fourth-order valence-electron chi connectivity index (χ4n) is 4.39. The van der Waals surface area contributed by atoms with Gasteiger partial charge in [-0.3, -0.25) is 18.7 Å². The molecule has 0 aliphatic carbocycles. The molecule has 2 aliphatic rings. The van der Waals surface area contributed by atoms with Crippen LogP contribution >= 0.6 is 0 Å². The van der Waals surface area contributed by atoms with Crippen LogP contribution in [0.25, 0.3) is 11.0 Å². The Bertz CT molecular complexity index is 867. The zero-order valence-corrected chi connectivity index (χ0v) is 14.4. The van der Waals surface area contributed by atoms with Crippen molar-refractivity contribution in [3.05, 3.63) is 45.0 Å². The molecule has 1 saturated heterocycles. The standard InChI is InChI=1S/C19H25N3O2/c1-13(2)14-7-9-20(10-8-14)11-16-12-21-17(23)5-3-15-4-6-18(24)22(16)19(15)21/h3-6,13-14,16H,7-12H2,1-2H3/t16-/m1/s1. The minimum absolute atomic E-state index is 0.00131. The highest BCUT2D eigenvalue weighted by atomic mass is 16.1. The van der Waals surface area contributed by atoms with Crippen molar-refractivity contribution in [2.75, 3.05) is 19.6 Å². The van der Waals surface area contributed by atoms with Crippen LogP contribution in [0, 0.1) is 11.8 Å². The maximum atomic E-state index is 12.4. The summed E-state index contributed by atoms with van der Waals surface area (Å²) in [5.74, 6) is 1.56. The van der Waals surface area contributed by atoms with E-state index in [0.29, 0.717) is 6.54 Å². The Kier molecular flexibility index (Phi) is 3.83. The fraction of sp³-hybridized carbons (Fsp3) is 0.579. The van der Waals surface area contributed by atoms with Crippen LogP contribution in [0.4, 0.5) is 0 Å². The van der Waals surface area contributed by atoms with Gasteiger partial charge >= 0.3 is 0 Å². The van der Waals surface area contributed by atoms with Crippen LogP contribution < -0.4 is 11.1 Å². The third-order valence-corrected chi connectivity index (χ3v) is 5.86. The molecule has 1 atom stereocenters. The third-order valence-electron chi connectivity index (χ3n) is 5.86. The van der Waals surface area contributed by atoms with E-state index in [-0.39, 0.29) is 17.2 Å². The zero-order chi connectivity index (χ0) is 16.8. The summed E-state index contributed by atoms with van der Waals surface area (Å²) in [5.41, 5.74) is 0.779. The Balaban J connectivity index is 1.60. The molecule has 2 aromatic heterocycles. The van der Waals surface area contributed by atoms with Crippen molar-refractivity contribution in [1.29, 1.82) is 0 Å². The largest absolute Gasteiger partial charge is 0.301 e. The van der Waals surface area contributed by atoms with Crippen LogP contribution in [0.3, 0.4) is 0 Å². The van der Waals surface area contributed by atoms with E-state index >= 15 is 0 Å². The lowest BCUT2D eigenvalue weighted by Crippen LogP contribution is -2.40. The van der Waals surface area contributed by atoms with Crippen molar-refractivity contribution < 1.29 is 0 Å². The van der Waals surface area contributed by atoms with Gasteiger partial charge < -0.3 is 4.90 Å². The van der Waals surface area contributed by atoms with Crippen LogP contribution in [0.1, 0.15) is 32.7 Å². The number of aromatic nitrogens is 2. The summed E-state index contributed by atoms with van der Waals surface area (Å²) in [6, 6.07) is 6.93. The molecule has 0 N–H and O–H groups in total. The van der Waals surface area contributed by atoms with Crippen LogP contribution in [-0.2, 0) is 6.54 Å². The van der Waals surface area contributed by atoms with Gasteiger partial charge in [-0.05, 0) is 49.9 Å². The molecule has 0 radical (unpaired) electrons. The third kappa shape index (κ3) is 2.51. The predicted octanol–water partition coefficient (Wildman–Crippen LogP) is 2.09. The van der Waals surface area contributed by atoms with Gasteiger partial charge in [0.2, 0.25) is 0 Å². The van der Waals surface area contributed by atoms with Gasteiger partial charge in [0, 0.05) is 30.6 Å². The van der Waals surface area contributed by atoms with Gasteiger partial charge in [0.05, 0.1) is 6.04 Å². The van der Waals surface area contributed by atoms with Crippen molar-refractivity contribution >= 4 is 11.0 Å². The summed E-state index contributed by atoms with van der Waals surface area (Å²) in [4.78, 5) is 27.1. The lowest BCUT2D eigenvalue weighted by Gasteiger charge is -2.35. The number of rotatable bonds is 3. The highest BCUT2D eigenvalue weighted by Crippen LogP contribution is 2.28. The number of hydrogen-bond acceptors (Lipinski definition) is 3. The minimum Gasteiger partial charge on any atom is -0.301 e. The molecule has 2 aliphatic heterocycles. The SMILES string of the molecule is CC(C)C1CCN(C[C@@H]2Cn3c(=O)ccc4ccc(=O)n2c43)CC1. The van der Waals surface area contributed by atoms with Gasteiger partial charge in [-0.25, -0.2) is 0 Å². The van der Waals surface area contributed by atoms with E-state index in [1.807, 2.05) is 16.7 Å². The summed E-state index contributed by atoms with van der Waals surface area (Å²) in [5, 5.41) is 0.968. The maximum absolute atomic E-state index is 12.4. The quantitative estimate of drug-likeness (QED) is 0.867. The Labute approximate surface area is 141 Å². The number of hydrogen-bond donors (Lipinski definition) is 0. The number of piperidine rings is 1. The Morgan fingerprint density at radius 2 is 1.71 bits per heavy atom. The first-order valence-electron chi connectivity index (χ1n) is 9.02. The van der Waals surface area contributed by atoms with Crippen molar-refractivity contribution in [3.63, 3.8) is 0 Å². The smallest absolute Gasteiger partial charge is 0.252 e. The van der Waals surface area contributed by atoms with Gasteiger partial charge in [0.15, 0.2) is 0 Å². The molecule has 5 heteroatoms. The monoisotopic (exact) mass is 327 g/mol. The lowest BCUT2D eigenvalue weighted by atomic mass is 9.86. The normalized spacial score (nSPS) is 21.9. The molecule has 24 heavy (non-hydrogen) atoms. The molecule has 0 saturated carbocycles. The fourth-order valence-corrected chi connectivity index (χ4v) is 4.39. The molecular formula is C19H25N3O2. The number of likely N-dealkylation sites (tertiary alicyclic amines) is 1. The van der Waals surface area contributed by atoms with Gasteiger partial charge in [-0.2, -0.15) is 0 Å². The summed E-state index contributed by atoms with van der Waals surface area (Å²) in [6.45, 7) is 8.26. The first-order valence-corrected chi connectivity index (χ1v) is 9.02. The van der Waals surface area contributed by atoms with Crippen LogP contribution in [0.5, 0.6) is 0 Å². The highest BCUT2D eigenvalue weighted by Gasteiger charge is 2.29. The first-order chi connectivity index (χ1) is 11.5. The van der Waals surface area contributed by atoms with Gasteiger partial charge in [0.25, 0.3) is 11.1 Å². The van der Waals surface area contributed by atoms with Gasteiger partial charge in [-0.15, -0.1) is 0 Å². The molecule has 128 valence electrons. The minimum atomic E-state index is -0.0112. The summed E-state index contributed by atoms with van der Waals surface area (Å²) < 4.78 is 3.60. The Hall–Kier alpha value is -1.88. The van der Waals surface area contributed by atoms with E-state index in [9.17, 15) is 9.59 Å². The topological polar surface area (TPSA) is 47.2 Å². The van der Waals surface area contributed by atoms with E-state index in [0.717, 1.165) is 42.5 Å². The molecule has 4 heterocycles. The molecule has 5 nitrogen and oxygen atoms in total. The maximum Gasteiger partial charge on any atom is 0.252 e. The first kappa shape index (κ1) is 15.6. The van der Waals surface area contributed by atoms with E-state index in [4.69, 9.17) is 0 Å². The lowest BCUT2D eigenvalue weighted by molar-refractivity contribution is 0.140. The van der Waals surface area contributed by atoms with E-state index in [2.05, 4.69) is 18.7 Å². The van der Waals surface area contributed by atoms with E-state index in [1.165, 1.54) is 12.8 Å². The Morgan fingerprint density at radius 3 is 2.38 bits per heavy atom. The van der Waals surface area contributed by atoms with E-state index in [1.54, 1.807) is 16.7 Å². The van der Waals surface area contributed by atoms with Crippen LogP contribution in [0.15, 0.2) is 33.9 Å². The van der Waals surface area contributed by atoms with E-state index < -0.39 is 0 Å². The highest BCUT2D eigenvalue weighted by molar-refractivity contribution is 5.76. The summed E-state index contributed by atoms with van der Waals surface area (Å²) in [6.07, 6.45) is 2.47. The molecule has 0 spiro atoms. The predicted molar refractivity (Wildman–Crippen MR) is 95.5 cm³/mol. The molecular weight excluding hydrogens is 302 g/mol. The molecule has 4 rings (SSSR count). The second-order valence-electron chi connectivity index (χ2n) is 7.64. The Morgan fingerprint density at radius 1 is 1.04 bits per heavy atom. The second-order valence-corrected chi connectivity index (χ2v) is 7.64. The molecule has 0 aromatic carbocycles. The van der Waals surface area contributed by atoms with Crippen molar-refractivity contribution in [2.45, 2.75) is 39.3 Å². The molecule has 0 unspecified atom stereocenters. The average molecular weight is 327 g/mol. The van der Waals surface area contributed by atoms with Crippen molar-refractivity contribution in [3.8, 4) is 0 Å². The molecule has 0 bridgehead atoms. The van der Waals surface area contributed by atoms with Gasteiger partial charge in [-0.1, -0.05) is 13.8 Å². The van der Waals surface area contributed by atoms with Crippen molar-refractivity contribution in [2.24, 2.45) is 11.8 Å². The number of nitrogens with zero attached hydrogens (tertiary/aromatic N) is 3. The van der Waals surface area contributed by atoms with Gasteiger partial charge in [0.1, 0.15) is 5.65 Å². The summed E-state index contributed by atoms with van der Waals surface area (Å²) >= 11 is 0. The average Bonchev–Trinajstić information content (AvgIpc) is 2.95. The van der Waals surface area contributed by atoms with Crippen molar-refractivity contribution in [1.82, 2.24) is 14.0 Å². The van der Waals surface area contributed by atoms with Crippen LogP contribution in [-0.4, -0.2) is 33.7 Å². The second kappa shape index (κ2) is 5.88.